The molecule has 0 atom stereocenters. The van der Waals surface area contributed by atoms with Crippen LogP contribution < -0.4 is 10.5 Å². The van der Waals surface area contributed by atoms with E-state index in [1.54, 1.807) is 16.8 Å². The number of aromatic nitrogens is 2. The number of nitrogens with two attached hydrogens (primary N) is 1. The van der Waals surface area contributed by atoms with Gasteiger partial charge in [0.05, 0.1) is 22.0 Å². The van der Waals surface area contributed by atoms with Crippen LogP contribution >= 0.6 is 11.6 Å². The number of hydrogen-bond acceptors (Lipinski definition) is 4. The van der Waals surface area contributed by atoms with Crippen molar-refractivity contribution in [3.05, 3.63) is 83.9 Å². The number of primary sulfonamides is 1. The first kappa shape index (κ1) is 20.2. The number of benzene rings is 3. The summed E-state index contributed by atoms with van der Waals surface area (Å²) in [6.45, 7) is 0. The molecular weight excluding hydrogens is 420 g/mol. The summed E-state index contributed by atoms with van der Waals surface area (Å²) in [7, 11) is -1.90. The summed E-state index contributed by atoms with van der Waals surface area (Å²) in [5, 5.41) is 13.8. The van der Waals surface area contributed by atoms with E-state index in [9.17, 15) is 8.42 Å². The van der Waals surface area contributed by atoms with E-state index >= 15 is 0 Å². The molecule has 4 rings (SSSR count). The highest BCUT2D eigenvalue weighted by molar-refractivity contribution is 7.89. The van der Waals surface area contributed by atoms with Gasteiger partial charge in [0.25, 0.3) is 0 Å². The van der Waals surface area contributed by atoms with Crippen LogP contribution in [0.5, 0.6) is 0 Å². The van der Waals surface area contributed by atoms with Gasteiger partial charge in [-0.2, -0.15) is 5.10 Å². The van der Waals surface area contributed by atoms with E-state index in [2.05, 4.69) is 5.32 Å². The van der Waals surface area contributed by atoms with Crippen molar-refractivity contribution in [2.75, 3.05) is 12.4 Å². The van der Waals surface area contributed by atoms with E-state index in [4.69, 9.17) is 21.8 Å². The summed E-state index contributed by atoms with van der Waals surface area (Å²) in [4.78, 5) is 0.0510. The lowest BCUT2D eigenvalue weighted by molar-refractivity contribution is 0.598. The fraction of sp³-hybridized carbons (Fsp3) is 0.0455. The molecular formula is C22H19ClN4O2S. The summed E-state index contributed by atoms with van der Waals surface area (Å²) in [6, 6.07) is 23.7. The number of hydrogen-bond donors (Lipinski definition) is 2. The SMILES string of the molecule is CNc1cccc(-c2cc(-c3ccc(Cl)cc3)nn2-c2ccc(S(N)(=O)=O)cc2)c1. The van der Waals surface area contributed by atoms with Crippen molar-refractivity contribution in [1.29, 1.82) is 0 Å². The van der Waals surface area contributed by atoms with E-state index in [0.717, 1.165) is 28.2 Å². The summed E-state index contributed by atoms with van der Waals surface area (Å²) in [5.74, 6) is 0. The molecule has 0 spiro atoms. The van der Waals surface area contributed by atoms with Gasteiger partial charge in [0, 0.05) is 28.9 Å². The van der Waals surface area contributed by atoms with Gasteiger partial charge in [0.15, 0.2) is 0 Å². The monoisotopic (exact) mass is 438 g/mol. The van der Waals surface area contributed by atoms with Gasteiger partial charge >= 0.3 is 0 Å². The second kappa shape index (κ2) is 7.95. The molecule has 4 aromatic rings. The van der Waals surface area contributed by atoms with Crippen molar-refractivity contribution in [2.45, 2.75) is 4.90 Å². The van der Waals surface area contributed by atoms with Gasteiger partial charge in [-0.15, -0.1) is 0 Å². The molecule has 1 heterocycles. The molecule has 6 nitrogen and oxygen atoms in total. The van der Waals surface area contributed by atoms with Crippen LogP contribution in [0, 0.1) is 0 Å². The number of nitrogens with zero attached hydrogens (tertiary/aromatic N) is 2. The largest absolute Gasteiger partial charge is 0.388 e. The van der Waals surface area contributed by atoms with Crippen LogP contribution in [-0.2, 0) is 10.0 Å². The zero-order chi connectivity index (χ0) is 21.3. The highest BCUT2D eigenvalue weighted by Gasteiger charge is 2.15. The van der Waals surface area contributed by atoms with E-state index in [0.29, 0.717) is 10.7 Å². The Kier molecular flexibility index (Phi) is 5.34. The predicted octanol–water partition coefficient (Wildman–Crippen LogP) is 4.55. The first-order valence-electron chi connectivity index (χ1n) is 9.12. The molecule has 0 aliphatic carbocycles. The second-order valence-electron chi connectivity index (χ2n) is 6.70. The third kappa shape index (κ3) is 4.09. The minimum Gasteiger partial charge on any atom is -0.388 e. The molecule has 0 fully saturated rings. The van der Waals surface area contributed by atoms with Crippen LogP contribution in [0.2, 0.25) is 5.02 Å². The maximum Gasteiger partial charge on any atom is 0.238 e. The van der Waals surface area contributed by atoms with E-state index in [1.807, 2.05) is 61.6 Å². The van der Waals surface area contributed by atoms with Crippen molar-refractivity contribution in [3.63, 3.8) is 0 Å². The van der Waals surface area contributed by atoms with Crippen molar-refractivity contribution in [2.24, 2.45) is 5.14 Å². The molecule has 3 aromatic carbocycles. The van der Waals surface area contributed by atoms with Gasteiger partial charge in [-0.05, 0) is 54.6 Å². The molecule has 0 amide bonds. The Bertz CT molecular complexity index is 1300. The van der Waals surface area contributed by atoms with E-state index < -0.39 is 10.0 Å². The molecule has 0 saturated heterocycles. The summed E-state index contributed by atoms with van der Waals surface area (Å²) >= 11 is 6.02. The molecule has 0 aliphatic rings. The number of nitrogens with one attached hydrogen (secondary N) is 1. The minimum absolute atomic E-state index is 0.0510. The lowest BCUT2D eigenvalue weighted by atomic mass is 10.1. The maximum atomic E-state index is 11.6. The Hall–Kier alpha value is -3.13. The molecule has 0 bridgehead atoms. The van der Waals surface area contributed by atoms with Crippen molar-refractivity contribution in [3.8, 4) is 28.2 Å². The highest BCUT2D eigenvalue weighted by atomic mass is 35.5. The van der Waals surface area contributed by atoms with Gasteiger partial charge in [-0.1, -0.05) is 35.9 Å². The van der Waals surface area contributed by atoms with Crippen LogP contribution in [0.4, 0.5) is 5.69 Å². The van der Waals surface area contributed by atoms with Gasteiger partial charge in [0.1, 0.15) is 0 Å². The van der Waals surface area contributed by atoms with Gasteiger partial charge < -0.3 is 5.32 Å². The summed E-state index contributed by atoms with van der Waals surface area (Å²) in [5.41, 5.74) is 5.20. The predicted molar refractivity (Wildman–Crippen MR) is 120 cm³/mol. The smallest absolute Gasteiger partial charge is 0.238 e. The van der Waals surface area contributed by atoms with E-state index in [-0.39, 0.29) is 4.90 Å². The fourth-order valence-electron chi connectivity index (χ4n) is 3.16. The van der Waals surface area contributed by atoms with Crippen molar-refractivity contribution >= 4 is 27.3 Å². The van der Waals surface area contributed by atoms with Crippen LogP contribution in [0.15, 0.2) is 83.8 Å². The topological polar surface area (TPSA) is 90.0 Å². The van der Waals surface area contributed by atoms with Crippen LogP contribution in [0.1, 0.15) is 0 Å². The van der Waals surface area contributed by atoms with Crippen LogP contribution in [-0.4, -0.2) is 25.2 Å². The Morgan fingerprint density at radius 1 is 0.933 bits per heavy atom. The number of sulfonamides is 1. The second-order valence-corrected chi connectivity index (χ2v) is 8.70. The zero-order valence-electron chi connectivity index (χ0n) is 16.1. The molecule has 0 saturated carbocycles. The third-order valence-electron chi connectivity index (χ3n) is 4.71. The number of halogens is 1. The lowest BCUT2D eigenvalue weighted by Crippen LogP contribution is -2.12. The molecule has 3 N–H and O–H groups in total. The third-order valence-corrected chi connectivity index (χ3v) is 5.89. The van der Waals surface area contributed by atoms with Crippen LogP contribution in [0.25, 0.3) is 28.2 Å². The van der Waals surface area contributed by atoms with Crippen molar-refractivity contribution in [1.82, 2.24) is 9.78 Å². The molecule has 1 aromatic heterocycles. The van der Waals surface area contributed by atoms with Gasteiger partial charge in [-0.25, -0.2) is 18.2 Å². The molecule has 0 unspecified atom stereocenters. The van der Waals surface area contributed by atoms with Gasteiger partial charge in [-0.3, -0.25) is 0 Å². The molecule has 0 radical (unpaired) electrons. The van der Waals surface area contributed by atoms with Gasteiger partial charge in [0.2, 0.25) is 10.0 Å². The molecule has 0 aliphatic heterocycles. The van der Waals surface area contributed by atoms with E-state index in [1.165, 1.54) is 12.1 Å². The highest BCUT2D eigenvalue weighted by Crippen LogP contribution is 2.31. The molecule has 30 heavy (non-hydrogen) atoms. The normalized spacial score (nSPS) is 11.4. The average Bonchev–Trinajstić information content (AvgIpc) is 3.19. The first-order chi connectivity index (χ1) is 14.3. The zero-order valence-corrected chi connectivity index (χ0v) is 17.7. The lowest BCUT2D eigenvalue weighted by Gasteiger charge is -2.09. The number of rotatable bonds is 5. The first-order valence-corrected chi connectivity index (χ1v) is 11.0. The maximum absolute atomic E-state index is 11.6. The summed E-state index contributed by atoms with van der Waals surface area (Å²) in [6.07, 6.45) is 0. The Morgan fingerprint density at radius 2 is 1.63 bits per heavy atom. The number of anilines is 1. The summed E-state index contributed by atoms with van der Waals surface area (Å²) < 4.78 is 25.0. The Morgan fingerprint density at radius 3 is 2.27 bits per heavy atom. The standard InChI is InChI=1S/C22H19ClN4O2S/c1-25-18-4-2-3-16(13-18)22-14-21(15-5-7-17(23)8-6-15)26-27(22)19-9-11-20(12-10-19)30(24,28)29/h2-14,25H,1H3,(H2,24,28,29). The Balaban J connectivity index is 1.88. The van der Waals surface area contributed by atoms with Crippen molar-refractivity contribution < 1.29 is 8.42 Å². The minimum atomic E-state index is -3.77. The molecule has 152 valence electrons. The van der Waals surface area contributed by atoms with Crippen LogP contribution in [0.3, 0.4) is 0 Å². The quantitative estimate of drug-likeness (QED) is 0.478. The molecule has 8 heteroatoms. The fourth-order valence-corrected chi connectivity index (χ4v) is 3.80. The Labute approximate surface area is 180 Å². The average molecular weight is 439 g/mol.